The Morgan fingerprint density at radius 2 is 1.91 bits per heavy atom. The molecular weight excluding hydrogens is 422 g/mol. The Kier molecular flexibility index (Phi) is 5.31. The summed E-state index contributed by atoms with van der Waals surface area (Å²) in [5.74, 6) is 0.672. The van der Waals surface area contributed by atoms with Crippen LogP contribution in [0, 0.1) is 0 Å². The van der Waals surface area contributed by atoms with Gasteiger partial charge >= 0.3 is 0 Å². The molecule has 2 atom stereocenters. The zero-order chi connectivity index (χ0) is 22.2. The third-order valence-corrected chi connectivity index (χ3v) is 7.22. The summed E-state index contributed by atoms with van der Waals surface area (Å²) in [6.45, 7) is 2.62. The number of fused-ring (bicyclic) bond motifs is 1. The monoisotopic (exact) mass is 445 g/mol. The second-order valence-electron chi connectivity index (χ2n) is 7.94. The third-order valence-electron chi connectivity index (χ3n) is 6.09. The molecule has 0 aromatic heterocycles. The highest BCUT2D eigenvalue weighted by Gasteiger charge is 2.28. The first-order chi connectivity index (χ1) is 15.5. The molecule has 1 unspecified atom stereocenters. The molecule has 6 heteroatoms. The SMILES string of the molecule is CCOc1ccc(-c2cccc3c2CC[C@@H]3c2ccc(C3=CC(=O)NS3=O)c(O)c2)cc1. The van der Waals surface area contributed by atoms with E-state index in [2.05, 4.69) is 35.1 Å². The average Bonchev–Trinajstić information content (AvgIpc) is 3.37. The van der Waals surface area contributed by atoms with E-state index in [0.29, 0.717) is 17.1 Å². The van der Waals surface area contributed by atoms with Gasteiger partial charge in [-0.2, -0.15) is 0 Å². The lowest BCUT2D eigenvalue weighted by molar-refractivity contribution is -0.114. The quantitative estimate of drug-likeness (QED) is 0.598. The van der Waals surface area contributed by atoms with Crippen LogP contribution in [0.5, 0.6) is 11.5 Å². The summed E-state index contributed by atoms with van der Waals surface area (Å²) in [6, 6.07) is 20.0. The number of carbonyl (C=O) groups is 1. The van der Waals surface area contributed by atoms with Crippen molar-refractivity contribution in [3.63, 3.8) is 0 Å². The zero-order valence-corrected chi connectivity index (χ0v) is 18.4. The summed E-state index contributed by atoms with van der Waals surface area (Å²) in [5, 5.41) is 10.6. The number of phenolic OH excluding ortho intramolecular Hbond substituents is 1. The molecule has 32 heavy (non-hydrogen) atoms. The van der Waals surface area contributed by atoms with Crippen LogP contribution in [0.1, 0.15) is 41.5 Å². The second-order valence-corrected chi connectivity index (χ2v) is 9.12. The van der Waals surface area contributed by atoms with E-state index in [1.54, 1.807) is 12.1 Å². The van der Waals surface area contributed by atoms with Crippen molar-refractivity contribution in [1.29, 1.82) is 0 Å². The summed E-state index contributed by atoms with van der Waals surface area (Å²) in [5.41, 5.74) is 6.43. The summed E-state index contributed by atoms with van der Waals surface area (Å²) < 4.78 is 20.0. The van der Waals surface area contributed by atoms with Gasteiger partial charge in [0.05, 0.1) is 11.5 Å². The van der Waals surface area contributed by atoms with Gasteiger partial charge in [0.1, 0.15) is 11.5 Å². The third kappa shape index (κ3) is 3.60. The van der Waals surface area contributed by atoms with Crippen LogP contribution in [0.25, 0.3) is 16.0 Å². The minimum absolute atomic E-state index is 0.0368. The van der Waals surface area contributed by atoms with Crippen molar-refractivity contribution in [2.45, 2.75) is 25.7 Å². The first-order valence-electron chi connectivity index (χ1n) is 10.7. The standard InChI is InChI=1S/C26H23NO4S/c1-2-31-18-9-6-16(7-10-18)19-4-3-5-21-20(12-13-22(19)21)17-8-11-23(24(28)14-17)25-15-26(29)27-32(25)30/h3-11,14-15,20,28H,2,12-13H2,1H3,(H,27,29)/t20-,32?/m1/s1. The molecule has 0 spiro atoms. The molecule has 5 nitrogen and oxygen atoms in total. The Balaban J connectivity index is 1.47. The van der Waals surface area contributed by atoms with Gasteiger partial charge in [0, 0.05) is 17.6 Å². The molecule has 2 N–H and O–H groups in total. The molecule has 2 aliphatic rings. The molecule has 0 fully saturated rings. The number of carbonyl (C=O) groups excluding carboxylic acids is 1. The second kappa shape index (κ2) is 8.28. The molecule has 0 bridgehead atoms. The maximum absolute atomic E-state index is 12.1. The lowest BCUT2D eigenvalue weighted by atomic mass is 9.90. The van der Waals surface area contributed by atoms with Crippen molar-refractivity contribution < 1.29 is 18.8 Å². The van der Waals surface area contributed by atoms with Gasteiger partial charge in [-0.15, -0.1) is 0 Å². The molecule has 0 saturated heterocycles. The maximum Gasteiger partial charge on any atom is 0.257 e. The summed E-state index contributed by atoms with van der Waals surface area (Å²) >= 11 is 0. The molecule has 1 aliphatic heterocycles. The minimum Gasteiger partial charge on any atom is -0.507 e. The maximum atomic E-state index is 12.1. The van der Waals surface area contributed by atoms with Gasteiger partial charge in [-0.25, -0.2) is 4.21 Å². The van der Waals surface area contributed by atoms with Crippen LogP contribution in [0.15, 0.2) is 66.7 Å². The number of ether oxygens (including phenoxy) is 1. The van der Waals surface area contributed by atoms with Crippen molar-refractivity contribution in [2.75, 3.05) is 6.61 Å². The van der Waals surface area contributed by atoms with Gasteiger partial charge in [0.2, 0.25) is 0 Å². The van der Waals surface area contributed by atoms with E-state index in [1.807, 2.05) is 25.1 Å². The highest BCUT2D eigenvalue weighted by molar-refractivity contribution is 7.94. The topological polar surface area (TPSA) is 75.6 Å². The van der Waals surface area contributed by atoms with Crippen LogP contribution in [-0.4, -0.2) is 21.8 Å². The largest absolute Gasteiger partial charge is 0.507 e. The number of aromatic hydroxyl groups is 1. The molecule has 0 saturated carbocycles. The van der Waals surface area contributed by atoms with Gasteiger partial charge in [-0.05, 0) is 71.8 Å². The summed E-state index contributed by atoms with van der Waals surface area (Å²) in [4.78, 5) is 11.8. The van der Waals surface area contributed by atoms with E-state index in [0.717, 1.165) is 29.7 Å². The van der Waals surface area contributed by atoms with E-state index >= 15 is 0 Å². The zero-order valence-electron chi connectivity index (χ0n) is 17.6. The van der Waals surface area contributed by atoms with Crippen molar-refractivity contribution >= 4 is 21.8 Å². The molecule has 0 radical (unpaired) electrons. The molecule has 1 heterocycles. The van der Waals surface area contributed by atoms with Gasteiger partial charge in [-0.3, -0.25) is 9.52 Å². The van der Waals surface area contributed by atoms with E-state index in [9.17, 15) is 14.1 Å². The fourth-order valence-electron chi connectivity index (χ4n) is 4.67. The van der Waals surface area contributed by atoms with Gasteiger partial charge in [0.15, 0.2) is 11.0 Å². The molecule has 162 valence electrons. The average molecular weight is 446 g/mol. The van der Waals surface area contributed by atoms with E-state index in [4.69, 9.17) is 4.74 Å². The minimum atomic E-state index is -1.63. The van der Waals surface area contributed by atoms with Crippen LogP contribution in [0.4, 0.5) is 0 Å². The molecule has 5 rings (SSSR count). The molecule has 1 aliphatic carbocycles. The molecular formula is C26H23NO4S. The predicted molar refractivity (Wildman–Crippen MR) is 126 cm³/mol. The van der Waals surface area contributed by atoms with Gasteiger partial charge < -0.3 is 9.84 Å². The van der Waals surface area contributed by atoms with E-state index < -0.39 is 16.9 Å². The van der Waals surface area contributed by atoms with Crippen molar-refractivity contribution in [2.24, 2.45) is 0 Å². The number of hydrogen-bond donors (Lipinski definition) is 2. The summed E-state index contributed by atoms with van der Waals surface area (Å²) in [6.07, 6.45) is 3.19. The van der Waals surface area contributed by atoms with Crippen molar-refractivity contribution in [3.8, 4) is 22.6 Å². The van der Waals surface area contributed by atoms with Crippen LogP contribution in [0.2, 0.25) is 0 Å². The Bertz CT molecular complexity index is 1260. The van der Waals surface area contributed by atoms with E-state index in [-0.39, 0.29) is 11.7 Å². The molecule has 3 aromatic rings. The molecule has 3 aromatic carbocycles. The Hall–Kier alpha value is -3.38. The number of amides is 1. The molecule has 1 amide bonds. The van der Waals surface area contributed by atoms with Crippen molar-refractivity contribution in [3.05, 3.63) is 89.0 Å². The highest BCUT2D eigenvalue weighted by atomic mass is 32.2. The van der Waals surface area contributed by atoms with Crippen LogP contribution in [0.3, 0.4) is 0 Å². The number of hydrogen-bond acceptors (Lipinski definition) is 4. The highest BCUT2D eigenvalue weighted by Crippen LogP contribution is 2.44. The lowest BCUT2D eigenvalue weighted by Crippen LogP contribution is -2.16. The predicted octanol–water partition coefficient (Wildman–Crippen LogP) is 4.67. The fraction of sp³-hybridized carbons (Fsp3) is 0.192. The first-order valence-corrected chi connectivity index (χ1v) is 11.8. The number of nitrogens with one attached hydrogen (secondary N) is 1. The Labute approximate surface area is 189 Å². The van der Waals surface area contributed by atoms with Gasteiger partial charge in [-0.1, -0.05) is 36.4 Å². The number of phenols is 1. The Morgan fingerprint density at radius 1 is 1.09 bits per heavy atom. The summed E-state index contributed by atoms with van der Waals surface area (Å²) in [7, 11) is -1.63. The van der Waals surface area contributed by atoms with Crippen LogP contribution in [-0.2, 0) is 22.2 Å². The lowest BCUT2D eigenvalue weighted by Gasteiger charge is -2.15. The van der Waals surface area contributed by atoms with Crippen LogP contribution >= 0.6 is 0 Å². The smallest absolute Gasteiger partial charge is 0.257 e. The number of rotatable bonds is 5. The van der Waals surface area contributed by atoms with Crippen LogP contribution < -0.4 is 9.46 Å². The number of benzene rings is 3. The Morgan fingerprint density at radius 3 is 2.59 bits per heavy atom. The van der Waals surface area contributed by atoms with Gasteiger partial charge in [0.25, 0.3) is 5.91 Å². The van der Waals surface area contributed by atoms with E-state index in [1.165, 1.54) is 22.8 Å². The van der Waals surface area contributed by atoms with Crippen molar-refractivity contribution in [1.82, 2.24) is 4.72 Å². The fourth-order valence-corrected chi connectivity index (χ4v) is 5.61. The first kappa shape index (κ1) is 20.5. The normalized spacial score (nSPS) is 19.4.